The third kappa shape index (κ3) is 8.26. The van der Waals surface area contributed by atoms with Crippen LogP contribution >= 0.6 is 0 Å². The van der Waals surface area contributed by atoms with Crippen molar-refractivity contribution in [2.24, 2.45) is 4.99 Å². The molecule has 0 radical (unpaired) electrons. The molecule has 0 bridgehead atoms. The number of rotatable bonds is 7. The SMILES string of the molecule is CCCOC(=O)NC(=Nc1cc(S(=O)(=O)Oc2ccccc2)ccc1NC(C)=O)NC(C)=O. The van der Waals surface area contributed by atoms with Crippen LogP contribution in [0.2, 0.25) is 0 Å². The Bertz CT molecular complexity index is 1150. The summed E-state index contributed by atoms with van der Waals surface area (Å²) in [7, 11) is -4.26. The van der Waals surface area contributed by atoms with E-state index in [1.54, 1.807) is 25.1 Å². The van der Waals surface area contributed by atoms with Gasteiger partial charge < -0.3 is 14.2 Å². The highest BCUT2D eigenvalue weighted by atomic mass is 32.2. The van der Waals surface area contributed by atoms with Crippen molar-refractivity contribution in [3.05, 3.63) is 48.5 Å². The number of hydrogen-bond acceptors (Lipinski definition) is 8. The van der Waals surface area contributed by atoms with Crippen LogP contribution in [-0.2, 0) is 24.4 Å². The van der Waals surface area contributed by atoms with Crippen LogP contribution in [0.4, 0.5) is 16.2 Å². The molecule has 0 fully saturated rings. The fourth-order valence-corrected chi connectivity index (χ4v) is 3.36. The highest BCUT2D eigenvalue weighted by Gasteiger charge is 2.20. The zero-order valence-electron chi connectivity index (χ0n) is 18.2. The monoisotopic (exact) mass is 476 g/mol. The lowest BCUT2D eigenvalue weighted by Crippen LogP contribution is -2.43. The second kappa shape index (κ2) is 11.6. The average molecular weight is 477 g/mol. The molecule has 12 heteroatoms. The number of anilines is 1. The van der Waals surface area contributed by atoms with Crippen LogP contribution in [-0.4, -0.2) is 38.9 Å². The summed E-state index contributed by atoms with van der Waals surface area (Å²) in [5.41, 5.74) is 0.0650. The van der Waals surface area contributed by atoms with Gasteiger partial charge in [-0.25, -0.2) is 9.79 Å². The molecular weight excluding hydrogens is 452 g/mol. The summed E-state index contributed by atoms with van der Waals surface area (Å²) in [6.07, 6.45) is -0.296. The number of ether oxygens (including phenoxy) is 1. The molecule has 0 aliphatic carbocycles. The number of carbonyl (C=O) groups excluding carboxylic acids is 3. The van der Waals surface area contributed by atoms with Gasteiger partial charge in [0.15, 0.2) is 0 Å². The first-order chi connectivity index (χ1) is 15.6. The van der Waals surface area contributed by atoms with Gasteiger partial charge in [-0.2, -0.15) is 8.42 Å². The molecule has 2 rings (SSSR count). The molecule has 3 amide bonds. The Kier molecular flexibility index (Phi) is 8.92. The molecule has 0 heterocycles. The largest absolute Gasteiger partial charge is 0.449 e. The summed E-state index contributed by atoms with van der Waals surface area (Å²) in [6.45, 7) is 4.39. The van der Waals surface area contributed by atoms with Crippen molar-refractivity contribution >= 4 is 45.4 Å². The molecule has 33 heavy (non-hydrogen) atoms. The number of benzene rings is 2. The summed E-state index contributed by atoms with van der Waals surface area (Å²) in [6, 6.07) is 11.5. The number of nitrogens with one attached hydrogen (secondary N) is 3. The van der Waals surface area contributed by atoms with Crippen molar-refractivity contribution in [2.45, 2.75) is 32.1 Å². The zero-order chi connectivity index (χ0) is 24.4. The minimum Gasteiger partial charge on any atom is -0.449 e. The maximum Gasteiger partial charge on any atom is 0.413 e. The molecule has 0 aromatic heterocycles. The van der Waals surface area contributed by atoms with E-state index in [0.717, 1.165) is 6.07 Å². The number of guanidine groups is 1. The van der Waals surface area contributed by atoms with Crippen molar-refractivity contribution in [1.82, 2.24) is 10.6 Å². The molecule has 0 atom stereocenters. The zero-order valence-corrected chi connectivity index (χ0v) is 19.1. The Hall–Kier alpha value is -3.93. The molecule has 0 saturated carbocycles. The molecular formula is C21H24N4O7S. The molecule has 176 valence electrons. The topological polar surface area (TPSA) is 152 Å². The quantitative estimate of drug-likeness (QED) is 0.315. The Morgan fingerprint density at radius 1 is 0.970 bits per heavy atom. The minimum atomic E-state index is -4.26. The molecule has 11 nitrogen and oxygen atoms in total. The highest BCUT2D eigenvalue weighted by Crippen LogP contribution is 2.30. The lowest BCUT2D eigenvalue weighted by molar-refractivity contribution is -0.117. The van der Waals surface area contributed by atoms with Crippen molar-refractivity contribution in [2.75, 3.05) is 11.9 Å². The van der Waals surface area contributed by atoms with Gasteiger partial charge in [0.2, 0.25) is 17.8 Å². The van der Waals surface area contributed by atoms with E-state index in [-0.39, 0.29) is 34.6 Å². The lowest BCUT2D eigenvalue weighted by Gasteiger charge is -2.13. The van der Waals surface area contributed by atoms with E-state index < -0.39 is 28.0 Å². The minimum absolute atomic E-state index is 0.0671. The van der Waals surface area contributed by atoms with E-state index in [1.807, 2.05) is 0 Å². The fourth-order valence-electron chi connectivity index (χ4n) is 2.41. The van der Waals surface area contributed by atoms with Crippen LogP contribution in [0.25, 0.3) is 0 Å². The summed E-state index contributed by atoms with van der Waals surface area (Å²) in [5.74, 6) is -1.22. The number of aliphatic imine (C=N–C) groups is 1. The summed E-state index contributed by atoms with van der Waals surface area (Å²) in [5, 5.41) is 7.10. The van der Waals surface area contributed by atoms with Gasteiger partial charge in [0, 0.05) is 13.8 Å². The van der Waals surface area contributed by atoms with Crippen molar-refractivity contribution in [1.29, 1.82) is 0 Å². The van der Waals surface area contributed by atoms with Crippen LogP contribution < -0.4 is 20.1 Å². The van der Waals surface area contributed by atoms with E-state index in [2.05, 4.69) is 20.9 Å². The molecule has 0 saturated heterocycles. The number of carbonyl (C=O) groups is 3. The first kappa shape index (κ1) is 25.3. The van der Waals surface area contributed by atoms with Crippen LogP contribution in [0.1, 0.15) is 27.2 Å². The van der Waals surface area contributed by atoms with E-state index in [1.165, 1.54) is 38.1 Å². The molecule has 0 spiro atoms. The van der Waals surface area contributed by atoms with Gasteiger partial charge in [-0.15, -0.1) is 0 Å². The van der Waals surface area contributed by atoms with Crippen molar-refractivity contribution < 1.29 is 31.7 Å². The predicted octanol–water partition coefficient (Wildman–Crippen LogP) is 2.67. The Morgan fingerprint density at radius 3 is 2.27 bits per heavy atom. The molecule has 0 unspecified atom stereocenters. The number of alkyl carbamates (subject to hydrolysis) is 1. The molecule has 2 aromatic rings. The van der Waals surface area contributed by atoms with Gasteiger partial charge in [-0.05, 0) is 36.8 Å². The van der Waals surface area contributed by atoms with Crippen LogP contribution in [0.5, 0.6) is 5.75 Å². The van der Waals surface area contributed by atoms with Crippen molar-refractivity contribution in [3.63, 3.8) is 0 Å². The predicted molar refractivity (Wildman–Crippen MR) is 121 cm³/mol. The third-order valence-electron chi connectivity index (χ3n) is 3.70. The second-order valence-electron chi connectivity index (χ2n) is 6.61. The van der Waals surface area contributed by atoms with Gasteiger partial charge in [-0.1, -0.05) is 25.1 Å². The van der Waals surface area contributed by atoms with Gasteiger partial charge >= 0.3 is 16.2 Å². The van der Waals surface area contributed by atoms with Gasteiger partial charge in [-0.3, -0.25) is 20.2 Å². The van der Waals surface area contributed by atoms with Gasteiger partial charge in [0.1, 0.15) is 10.6 Å². The third-order valence-corrected chi connectivity index (χ3v) is 4.95. The normalized spacial score (nSPS) is 11.3. The van der Waals surface area contributed by atoms with Gasteiger partial charge in [0.05, 0.1) is 18.0 Å². The number of para-hydroxylation sites is 1. The second-order valence-corrected chi connectivity index (χ2v) is 8.16. The first-order valence-corrected chi connectivity index (χ1v) is 11.2. The van der Waals surface area contributed by atoms with E-state index >= 15 is 0 Å². The standard InChI is InChI=1S/C21H24N4O7S/c1-4-12-31-21(28)25-20(23-15(3)27)24-19-13-17(10-11-18(19)22-14(2)26)33(29,30)32-16-8-6-5-7-9-16/h5-11,13H,4,12H2,1-3H3,(H,22,26)(H2,23,24,25,27,28). The summed E-state index contributed by atoms with van der Waals surface area (Å²) < 4.78 is 35.5. The number of amides is 3. The molecule has 3 N–H and O–H groups in total. The summed E-state index contributed by atoms with van der Waals surface area (Å²) >= 11 is 0. The Labute approximate surface area is 191 Å². The summed E-state index contributed by atoms with van der Waals surface area (Å²) in [4.78, 5) is 38.9. The maximum atomic E-state index is 12.7. The van der Waals surface area contributed by atoms with E-state index in [9.17, 15) is 22.8 Å². The van der Waals surface area contributed by atoms with Gasteiger partial charge in [0.25, 0.3) is 0 Å². The number of hydrogen-bond donors (Lipinski definition) is 3. The van der Waals surface area contributed by atoms with Crippen LogP contribution in [0.3, 0.4) is 0 Å². The van der Waals surface area contributed by atoms with E-state index in [0.29, 0.717) is 6.42 Å². The highest BCUT2D eigenvalue weighted by molar-refractivity contribution is 7.87. The fraction of sp³-hybridized carbons (Fsp3) is 0.238. The lowest BCUT2D eigenvalue weighted by atomic mass is 10.2. The number of nitrogens with zero attached hydrogens (tertiary/aromatic N) is 1. The Morgan fingerprint density at radius 2 is 1.67 bits per heavy atom. The smallest absolute Gasteiger partial charge is 0.413 e. The van der Waals surface area contributed by atoms with E-state index in [4.69, 9.17) is 8.92 Å². The van der Waals surface area contributed by atoms with Crippen LogP contribution in [0, 0.1) is 0 Å². The van der Waals surface area contributed by atoms with Crippen molar-refractivity contribution in [3.8, 4) is 5.75 Å². The first-order valence-electron chi connectivity index (χ1n) is 9.82. The average Bonchev–Trinajstić information content (AvgIpc) is 2.73. The molecule has 0 aliphatic rings. The van der Waals surface area contributed by atoms with Crippen LogP contribution in [0.15, 0.2) is 58.4 Å². The molecule has 2 aromatic carbocycles. The Balaban J connectivity index is 2.48. The molecule has 0 aliphatic heterocycles. The maximum absolute atomic E-state index is 12.7.